The summed E-state index contributed by atoms with van der Waals surface area (Å²) in [6, 6.07) is 9.30. The maximum atomic E-state index is 11.4. The van der Waals surface area contributed by atoms with Crippen molar-refractivity contribution in [1.29, 1.82) is 0 Å². The number of halogens is 1. The maximum Gasteiger partial charge on any atom is 0.307 e. The summed E-state index contributed by atoms with van der Waals surface area (Å²) in [5, 5.41) is 10.8. The van der Waals surface area contributed by atoms with Crippen molar-refractivity contribution in [3.05, 3.63) is 52.0 Å². The van der Waals surface area contributed by atoms with E-state index in [1.54, 1.807) is 25.3 Å². The molecular weight excluding hydrogens is 326 g/mol. The Morgan fingerprint density at radius 1 is 1.25 bits per heavy atom. The van der Waals surface area contributed by atoms with Crippen molar-refractivity contribution >= 4 is 28.5 Å². The molecule has 3 aromatic rings. The van der Waals surface area contributed by atoms with Crippen molar-refractivity contribution in [3.8, 4) is 17.0 Å². The summed E-state index contributed by atoms with van der Waals surface area (Å²) in [7, 11) is 1.58. The van der Waals surface area contributed by atoms with Crippen molar-refractivity contribution in [1.82, 2.24) is 4.98 Å². The van der Waals surface area contributed by atoms with Crippen LogP contribution in [0.15, 0.2) is 30.3 Å². The smallest absolute Gasteiger partial charge is 0.307 e. The molecule has 0 bridgehead atoms. The number of hydrogen-bond acceptors (Lipinski definition) is 2. The number of carbonyl (C=O) groups is 1. The van der Waals surface area contributed by atoms with E-state index in [0.717, 1.165) is 38.9 Å². The molecule has 0 saturated carbocycles. The number of carboxylic acids is 1. The van der Waals surface area contributed by atoms with Crippen LogP contribution in [0.25, 0.3) is 22.2 Å². The molecule has 1 heterocycles. The highest BCUT2D eigenvalue weighted by molar-refractivity contribution is 6.31. The number of rotatable bonds is 4. The number of ether oxygens (including phenoxy) is 1. The number of H-pyrrole nitrogens is 1. The predicted octanol–water partition coefficient (Wildman–Crippen LogP) is 4.74. The molecule has 124 valence electrons. The molecule has 0 amide bonds. The molecule has 0 atom stereocenters. The lowest BCUT2D eigenvalue weighted by Gasteiger charge is -2.09. The van der Waals surface area contributed by atoms with Crippen LogP contribution in [0.1, 0.15) is 16.7 Å². The monoisotopic (exact) mass is 343 g/mol. The van der Waals surface area contributed by atoms with Gasteiger partial charge in [-0.1, -0.05) is 23.7 Å². The Labute approximate surface area is 145 Å². The number of aryl methyl sites for hydroxylation is 2. The van der Waals surface area contributed by atoms with Crippen molar-refractivity contribution in [3.63, 3.8) is 0 Å². The molecule has 0 aliphatic heterocycles. The van der Waals surface area contributed by atoms with Gasteiger partial charge in [-0.25, -0.2) is 0 Å². The van der Waals surface area contributed by atoms with E-state index in [1.165, 1.54) is 0 Å². The maximum absolute atomic E-state index is 11.4. The highest BCUT2D eigenvalue weighted by Crippen LogP contribution is 2.38. The van der Waals surface area contributed by atoms with Crippen LogP contribution >= 0.6 is 11.6 Å². The zero-order valence-electron chi connectivity index (χ0n) is 13.7. The van der Waals surface area contributed by atoms with Crippen molar-refractivity contribution in [2.45, 2.75) is 20.3 Å². The summed E-state index contributed by atoms with van der Waals surface area (Å²) in [5.74, 6) is -0.233. The van der Waals surface area contributed by atoms with Crippen LogP contribution < -0.4 is 4.74 Å². The first kappa shape index (κ1) is 16.4. The average molecular weight is 344 g/mol. The fourth-order valence-electron chi connectivity index (χ4n) is 3.00. The summed E-state index contributed by atoms with van der Waals surface area (Å²) in [6.45, 7) is 4.06. The lowest BCUT2D eigenvalue weighted by molar-refractivity contribution is -0.136. The van der Waals surface area contributed by atoms with E-state index in [1.807, 2.05) is 26.0 Å². The molecule has 24 heavy (non-hydrogen) atoms. The number of benzene rings is 2. The summed E-state index contributed by atoms with van der Waals surface area (Å²) in [6.07, 6.45) is -0.0759. The lowest BCUT2D eigenvalue weighted by atomic mass is 10.00. The molecule has 0 aliphatic carbocycles. The van der Waals surface area contributed by atoms with Gasteiger partial charge in [-0.3, -0.25) is 4.79 Å². The largest absolute Gasteiger partial charge is 0.496 e. The first-order valence-corrected chi connectivity index (χ1v) is 7.96. The van der Waals surface area contributed by atoms with E-state index in [4.69, 9.17) is 16.3 Å². The highest BCUT2D eigenvalue weighted by atomic mass is 35.5. The molecule has 0 unspecified atom stereocenters. The molecule has 1 aromatic heterocycles. The molecule has 2 aromatic carbocycles. The fourth-order valence-corrected chi connectivity index (χ4v) is 3.18. The minimum atomic E-state index is -0.878. The van der Waals surface area contributed by atoms with E-state index in [0.29, 0.717) is 10.8 Å². The summed E-state index contributed by atoms with van der Waals surface area (Å²) in [4.78, 5) is 14.8. The van der Waals surface area contributed by atoms with E-state index in [-0.39, 0.29) is 6.42 Å². The molecule has 0 saturated heterocycles. The van der Waals surface area contributed by atoms with Gasteiger partial charge in [-0.2, -0.15) is 0 Å². The van der Waals surface area contributed by atoms with E-state index >= 15 is 0 Å². The first-order chi connectivity index (χ1) is 11.4. The first-order valence-electron chi connectivity index (χ1n) is 7.58. The Balaban J connectivity index is 2.37. The molecule has 0 spiro atoms. The molecule has 2 N–H and O–H groups in total. The number of aliphatic carboxylic acids is 1. The second-order valence-corrected chi connectivity index (χ2v) is 6.26. The van der Waals surface area contributed by atoms with Gasteiger partial charge in [0.05, 0.1) is 19.2 Å². The van der Waals surface area contributed by atoms with Gasteiger partial charge in [-0.15, -0.1) is 0 Å². The lowest BCUT2D eigenvalue weighted by Crippen LogP contribution is -2.01. The van der Waals surface area contributed by atoms with Gasteiger partial charge in [0.25, 0.3) is 0 Å². The Hall–Kier alpha value is -2.46. The van der Waals surface area contributed by atoms with Crippen LogP contribution in [0, 0.1) is 13.8 Å². The summed E-state index contributed by atoms with van der Waals surface area (Å²) < 4.78 is 5.44. The second-order valence-electron chi connectivity index (χ2n) is 5.82. The Morgan fingerprint density at radius 3 is 2.67 bits per heavy atom. The second kappa shape index (κ2) is 6.21. The third-order valence-electron chi connectivity index (χ3n) is 4.37. The van der Waals surface area contributed by atoms with E-state index in [2.05, 4.69) is 4.98 Å². The van der Waals surface area contributed by atoms with Gasteiger partial charge in [0, 0.05) is 21.5 Å². The van der Waals surface area contributed by atoms with Gasteiger partial charge in [0.2, 0.25) is 0 Å². The molecule has 5 heteroatoms. The van der Waals surface area contributed by atoms with Crippen LogP contribution in [0.3, 0.4) is 0 Å². The number of fused-ring (bicyclic) bond motifs is 1. The highest BCUT2D eigenvalue weighted by Gasteiger charge is 2.20. The van der Waals surface area contributed by atoms with Gasteiger partial charge in [0.15, 0.2) is 0 Å². The Bertz CT molecular complexity index is 943. The topological polar surface area (TPSA) is 62.3 Å². The third kappa shape index (κ3) is 2.74. The number of nitrogens with one attached hydrogen (secondary N) is 1. The molecular formula is C19H18ClNO3. The van der Waals surface area contributed by atoms with Gasteiger partial charge < -0.3 is 14.8 Å². The predicted molar refractivity (Wildman–Crippen MR) is 96.1 cm³/mol. The number of aromatic nitrogens is 1. The Morgan fingerprint density at radius 2 is 2.00 bits per heavy atom. The quantitative estimate of drug-likeness (QED) is 0.719. The summed E-state index contributed by atoms with van der Waals surface area (Å²) in [5.41, 5.74) is 5.43. The van der Waals surface area contributed by atoms with Crippen molar-refractivity contribution < 1.29 is 14.6 Å². The zero-order valence-corrected chi connectivity index (χ0v) is 14.5. The number of hydrogen-bond donors (Lipinski definition) is 2. The molecule has 3 rings (SSSR count). The van der Waals surface area contributed by atoms with E-state index < -0.39 is 5.97 Å². The molecule has 0 radical (unpaired) electrons. The molecule has 0 fully saturated rings. The molecule has 0 aliphatic rings. The Kier molecular flexibility index (Phi) is 4.24. The average Bonchev–Trinajstić information content (AvgIpc) is 2.89. The van der Waals surface area contributed by atoms with E-state index in [9.17, 15) is 9.90 Å². The van der Waals surface area contributed by atoms with Crippen LogP contribution in [0.5, 0.6) is 5.75 Å². The van der Waals surface area contributed by atoms with Crippen LogP contribution in [0.4, 0.5) is 0 Å². The SMILES string of the molecule is COc1ccc(Cl)cc1-c1[nH]c2c(C)c(C)ccc2c1CC(=O)O. The van der Waals surface area contributed by atoms with Gasteiger partial charge in [0.1, 0.15) is 5.75 Å². The number of methoxy groups -OCH3 is 1. The van der Waals surface area contributed by atoms with Crippen LogP contribution in [-0.2, 0) is 11.2 Å². The van der Waals surface area contributed by atoms with Crippen molar-refractivity contribution in [2.24, 2.45) is 0 Å². The van der Waals surface area contributed by atoms with Gasteiger partial charge in [-0.05, 0) is 48.7 Å². The summed E-state index contributed by atoms with van der Waals surface area (Å²) >= 11 is 6.15. The number of aromatic amines is 1. The van der Waals surface area contributed by atoms with Gasteiger partial charge >= 0.3 is 5.97 Å². The normalized spacial score (nSPS) is 11.0. The third-order valence-corrected chi connectivity index (χ3v) is 4.61. The minimum absolute atomic E-state index is 0.0759. The fraction of sp³-hybridized carbons (Fsp3) is 0.211. The molecule has 4 nitrogen and oxygen atoms in total. The van der Waals surface area contributed by atoms with Crippen molar-refractivity contribution in [2.75, 3.05) is 7.11 Å². The number of carboxylic acid groups (broad SMARTS) is 1. The standard InChI is InChI=1S/C19H18ClNO3/c1-10-4-6-13-14(9-17(22)23)19(21-18(13)11(10)2)15-8-12(20)5-7-16(15)24-3/h4-8,21H,9H2,1-3H3,(H,22,23). The zero-order chi connectivity index (χ0) is 17.4. The minimum Gasteiger partial charge on any atom is -0.496 e. The van der Waals surface area contributed by atoms with Crippen LogP contribution in [-0.4, -0.2) is 23.2 Å². The van der Waals surface area contributed by atoms with Crippen LogP contribution in [0.2, 0.25) is 5.02 Å².